The fourth-order valence-corrected chi connectivity index (χ4v) is 5.75. The first kappa shape index (κ1) is 44.0. The second-order valence-electron chi connectivity index (χ2n) is 14.8. The van der Waals surface area contributed by atoms with Crippen LogP contribution in [0.15, 0.2) is 60.7 Å². The average molecular weight is 803 g/mol. The molecule has 3 unspecified atom stereocenters. The first-order chi connectivity index (χ1) is 26.8. The van der Waals surface area contributed by atoms with E-state index in [4.69, 9.17) is 14.2 Å². The smallest absolute Gasteiger partial charge is 0.308 e. The number of nitrogens with one attached hydrogen (secondary N) is 3. The molecule has 13 nitrogen and oxygen atoms in total. The molecule has 0 aromatic heterocycles. The molecule has 0 spiro atoms. The normalized spacial score (nSPS) is 14.8. The summed E-state index contributed by atoms with van der Waals surface area (Å²) < 4.78 is 72.2. The van der Waals surface area contributed by atoms with Crippen LogP contribution in [0.5, 0.6) is 17.2 Å². The van der Waals surface area contributed by atoms with Crippen LogP contribution in [0.4, 0.5) is 23.2 Å². The number of carbonyl (C=O) groups excluding carboxylic acids is 5. The highest BCUT2D eigenvalue weighted by Crippen LogP contribution is 2.42. The predicted molar refractivity (Wildman–Crippen MR) is 198 cm³/mol. The van der Waals surface area contributed by atoms with Gasteiger partial charge in [0.25, 0.3) is 0 Å². The van der Waals surface area contributed by atoms with Gasteiger partial charge in [-0.25, -0.2) is 8.78 Å². The number of halogens is 4. The third-order valence-electron chi connectivity index (χ3n) is 8.98. The second-order valence-corrected chi connectivity index (χ2v) is 14.8. The molecule has 0 aliphatic heterocycles. The minimum absolute atomic E-state index is 0.0146. The largest absolute Gasteiger partial charge is 0.485 e. The van der Waals surface area contributed by atoms with Gasteiger partial charge in [-0.05, 0) is 64.3 Å². The van der Waals surface area contributed by atoms with Crippen LogP contribution in [0.1, 0.15) is 59.3 Å². The number of carbonyl (C=O) groups is 5. The molecule has 1 aliphatic rings. The van der Waals surface area contributed by atoms with E-state index in [9.17, 15) is 46.6 Å². The van der Waals surface area contributed by atoms with Crippen LogP contribution in [0.2, 0.25) is 0 Å². The highest BCUT2D eigenvalue weighted by molar-refractivity contribution is 6.08. The van der Waals surface area contributed by atoms with Gasteiger partial charge in [0, 0.05) is 38.3 Å². The maximum absolute atomic E-state index is 14.3. The number of para-hydroxylation sites is 1. The fraction of sp³-hybridized carbons (Fsp3) is 0.425. The first-order valence-corrected chi connectivity index (χ1v) is 18.1. The molecule has 3 aromatic rings. The van der Waals surface area contributed by atoms with Crippen molar-refractivity contribution in [3.63, 3.8) is 0 Å². The van der Waals surface area contributed by atoms with Crippen LogP contribution in [-0.4, -0.2) is 84.1 Å². The van der Waals surface area contributed by atoms with Crippen LogP contribution in [0, 0.1) is 28.7 Å². The first-order valence-electron chi connectivity index (χ1n) is 18.1. The van der Waals surface area contributed by atoms with Crippen molar-refractivity contribution >= 4 is 35.3 Å². The van der Waals surface area contributed by atoms with E-state index in [1.54, 1.807) is 69.3 Å². The third-order valence-corrected chi connectivity index (χ3v) is 8.98. The van der Waals surface area contributed by atoms with E-state index in [1.807, 2.05) is 6.07 Å². The van der Waals surface area contributed by atoms with Gasteiger partial charge in [-0.15, -0.1) is 0 Å². The van der Waals surface area contributed by atoms with E-state index < -0.39 is 94.9 Å². The summed E-state index contributed by atoms with van der Waals surface area (Å²) in [7, 11) is 3.05. The van der Waals surface area contributed by atoms with Gasteiger partial charge in [0.05, 0.1) is 12.5 Å². The van der Waals surface area contributed by atoms with Gasteiger partial charge in [-0.1, -0.05) is 30.7 Å². The molecule has 1 fully saturated rings. The maximum Gasteiger partial charge on any atom is 0.308 e. The Morgan fingerprint density at radius 2 is 1.47 bits per heavy atom. The number of aliphatic hydroxyl groups is 1. The lowest BCUT2D eigenvalue weighted by Gasteiger charge is -2.40. The van der Waals surface area contributed by atoms with E-state index in [0.29, 0.717) is 23.6 Å². The Labute approximate surface area is 327 Å². The van der Waals surface area contributed by atoms with Gasteiger partial charge in [0.1, 0.15) is 41.3 Å². The minimum Gasteiger partial charge on any atom is -0.485 e. The maximum atomic E-state index is 14.3. The van der Waals surface area contributed by atoms with Gasteiger partial charge in [-0.3, -0.25) is 24.0 Å². The Morgan fingerprint density at radius 3 is 2.05 bits per heavy atom. The summed E-state index contributed by atoms with van der Waals surface area (Å²) in [6.45, 7) is 3.61. The summed E-state index contributed by atoms with van der Waals surface area (Å²) in [6.07, 6.45) is -2.60. The number of amides is 4. The van der Waals surface area contributed by atoms with Crippen LogP contribution in [0.25, 0.3) is 0 Å². The minimum atomic E-state index is -1.94. The zero-order valence-corrected chi connectivity index (χ0v) is 32.1. The molecule has 308 valence electrons. The van der Waals surface area contributed by atoms with Crippen molar-refractivity contribution in [2.45, 2.75) is 83.1 Å². The third kappa shape index (κ3) is 11.9. The zero-order chi connectivity index (χ0) is 42.1. The van der Waals surface area contributed by atoms with Crippen molar-refractivity contribution in [2.24, 2.45) is 5.41 Å². The lowest BCUT2D eigenvalue weighted by atomic mass is 9.67. The number of anilines is 1. The van der Waals surface area contributed by atoms with Gasteiger partial charge in [0.2, 0.25) is 35.3 Å². The fourth-order valence-electron chi connectivity index (χ4n) is 5.75. The monoisotopic (exact) mass is 802 g/mol. The quantitative estimate of drug-likeness (QED) is 0.0624. The molecule has 17 heteroatoms. The van der Waals surface area contributed by atoms with Gasteiger partial charge in [-0.2, -0.15) is 8.78 Å². The number of benzene rings is 3. The Hall–Kier alpha value is -5.71. The van der Waals surface area contributed by atoms with Crippen molar-refractivity contribution < 1.29 is 60.9 Å². The molecule has 0 heterocycles. The van der Waals surface area contributed by atoms with Gasteiger partial charge in [0.15, 0.2) is 17.4 Å². The molecule has 4 amide bonds. The van der Waals surface area contributed by atoms with Crippen molar-refractivity contribution in [1.29, 1.82) is 0 Å². The predicted octanol–water partition coefficient (Wildman–Crippen LogP) is 5.15. The van der Waals surface area contributed by atoms with Crippen molar-refractivity contribution in [2.75, 3.05) is 26.0 Å². The summed E-state index contributed by atoms with van der Waals surface area (Å²) in [4.78, 5) is 68.3. The molecule has 3 atom stereocenters. The van der Waals surface area contributed by atoms with E-state index >= 15 is 0 Å². The Balaban J connectivity index is 1.54. The van der Waals surface area contributed by atoms with E-state index in [2.05, 4.69) is 16.0 Å². The second kappa shape index (κ2) is 19.0. The van der Waals surface area contributed by atoms with E-state index in [1.165, 1.54) is 19.0 Å². The lowest BCUT2D eigenvalue weighted by Crippen LogP contribution is -2.61. The van der Waals surface area contributed by atoms with Gasteiger partial charge < -0.3 is 40.2 Å². The standard InChI is InChI=1S/C40H46F4N4O9/c1-39(2,3)57-32(51)21-29(30(49)22-55-35-33(43)26(41)20-27(42)34(35)44)47-38(54)40(17-10-18-40)37(53)46-28(15-16-31(50)48(4)5)36(52)45-23-11-9-14-25(19-23)56-24-12-7-6-8-13-24/h6-9,11-14,19-20,28-30,49H,10,15-18,21-22H2,1-5H3,(H,45,52)(H,46,53)(H,47,54). The van der Waals surface area contributed by atoms with Crippen LogP contribution in [-0.2, 0) is 28.7 Å². The molecule has 3 aromatic carbocycles. The summed E-state index contributed by atoms with van der Waals surface area (Å²) in [5.41, 5.74) is -2.51. The number of hydrogen-bond donors (Lipinski definition) is 4. The number of hydrogen-bond acceptors (Lipinski definition) is 9. The highest BCUT2D eigenvalue weighted by Gasteiger charge is 2.52. The molecule has 4 N–H and O–H groups in total. The zero-order valence-electron chi connectivity index (χ0n) is 32.1. The molecule has 4 rings (SSSR count). The number of nitrogens with zero attached hydrogens (tertiary/aromatic N) is 1. The molecule has 0 bridgehead atoms. The molecule has 0 radical (unpaired) electrons. The Morgan fingerprint density at radius 1 is 0.860 bits per heavy atom. The van der Waals surface area contributed by atoms with Crippen LogP contribution in [0.3, 0.4) is 0 Å². The molecule has 0 saturated heterocycles. The Bertz CT molecular complexity index is 1910. The number of rotatable bonds is 17. The van der Waals surface area contributed by atoms with E-state index in [0.717, 1.165) is 0 Å². The average Bonchev–Trinajstić information content (AvgIpc) is 3.11. The van der Waals surface area contributed by atoms with Crippen molar-refractivity contribution in [3.8, 4) is 17.2 Å². The van der Waals surface area contributed by atoms with Gasteiger partial charge >= 0.3 is 5.97 Å². The van der Waals surface area contributed by atoms with Crippen LogP contribution >= 0.6 is 0 Å². The highest BCUT2D eigenvalue weighted by atomic mass is 19.2. The number of esters is 1. The molecule has 1 aliphatic carbocycles. The molecule has 1 saturated carbocycles. The van der Waals surface area contributed by atoms with Crippen LogP contribution < -0.4 is 25.4 Å². The SMILES string of the molecule is CN(C)C(=O)CCC(NC(=O)C1(C(=O)NC(CC(=O)OC(C)(C)C)C(O)COc2c(F)c(F)cc(F)c2F)CCC1)C(=O)Nc1cccc(Oc2ccccc2)c1. The number of ether oxygens (including phenoxy) is 3. The topological polar surface area (TPSA) is 173 Å². The molecule has 57 heavy (non-hydrogen) atoms. The summed E-state index contributed by atoms with van der Waals surface area (Å²) in [6, 6.07) is 12.4. The lowest BCUT2D eigenvalue weighted by molar-refractivity contribution is -0.157. The molecular weight excluding hydrogens is 756 g/mol. The van der Waals surface area contributed by atoms with E-state index in [-0.39, 0.29) is 37.7 Å². The number of aliphatic hydroxyl groups excluding tert-OH is 1. The summed E-state index contributed by atoms with van der Waals surface area (Å²) in [5.74, 6) is -11.6. The Kier molecular flexibility index (Phi) is 14.6. The summed E-state index contributed by atoms with van der Waals surface area (Å²) in [5, 5.41) is 18.8. The van der Waals surface area contributed by atoms with Crippen molar-refractivity contribution in [1.82, 2.24) is 15.5 Å². The summed E-state index contributed by atoms with van der Waals surface area (Å²) >= 11 is 0. The van der Waals surface area contributed by atoms with Crippen molar-refractivity contribution in [3.05, 3.63) is 83.9 Å². The molecular formula is C40H46F4N4O9.